The van der Waals surface area contributed by atoms with Gasteiger partial charge in [-0.15, -0.1) is 0 Å². The molecule has 2 unspecified atom stereocenters. The molecule has 0 spiro atoms. The fraction of sp³-hybridized carbons (Fsp3) is 0.462. The monoisotopic (exact) mass is 282 g/mol. The van der Waals surface area contributed by atoms with E-state index in [0.717, 1.165) is 31.0 Å². The summed E-state index contributed by atoms with van der Waals surface area (Å²) in [4.78, 5) is 22.0. The first-order valence-electron chi connectivity index (χ1n) is 6.35. The van der Waals surface area contributed by atoms with Crippen LogP contribution in [0.4, 0.5) is 10.1 Å². The zero-order chi connectivity index (χ0) is 14.7. The molecule has 2 atom stereocenters. The van der Waals surface area contributed by atoms with Crippen molar-refractivity contribution in [1.29, 1.82) is 0 Å². The smallest absolute Gasteiger partial charge is 0.270 e. The van der Waals surface area contributed by atoms with Crippen LogP contribution >= 0.6 is 0 Å². The van der Waals surface area contributed by atoms with E-state index in [9.17, 15) is 19.3 Å². The molecule has 1 aliphatic heterocycles. The van der Waals surface area contributed by atoms with E-state index in [2.05, 4.69) is 5.32 Å². The number of amides is 1. The Bertz CT molecular complexity index is 529. The van der Waals surface area contributed by atoms with Crippen molar-refractivity contribution < 1.29 is 18.8 Å². The topological polar surface area (TPSA) is 81.5 Å². The van der Waals surface area contributed by atoms with Crippen LogP contribution in [0.15, 0.2) is 18.2 Å². The van der Waals surface area contributed by atoms with Crippen LogP contribution in [0.5, 0.6) is 0 Å². The lowest BCUT2D eigenvalue weighted by atomic mass is 10.1. The predicted molar refractivity (Wildman–Crippen MR) is 69.0 cm³/mol. The molecule has 1 aromatic carbocycles. The van der Waals surface area contributed by atoms with Crippen molar-refractivity contribution in [1.82, 2.24) is 5.32 Å². The maximum absolute atomic E-state index is 13.6. The molecule has 108 valence electrons. The van der Waals surface area contributed by atoms with Gasteiger partial charge >= 0.3 is 0 Å². The molecule has 7 heteroatoms. The van der Waals surface area contributed by atoms with Gasteiger partial charge in [0, 0.05) is 18.7 Å². The molecular formula is C13H15FN2O4. The molecule has 1 aliphatic rings. The quantitative estimate of drug-likeness (QED) is 0.676. The van der Waals surface area contributed by atoms with Gasteiger partial charge in [0.05, 0.1) is 22.6 Å². The van der Waals surface area contributed by atoms with E-state index in [-0.39, 0.29) is 23.4 Å². The van der Waals surface area contributed by atoms with Crippen LogP contribution in [0.2, 0.25) is 0 Å². The summed E-state index contributed by atoms with van der Waals surface area (Å²) in [5, 5.41) is 13.3. The van der Waals surface area contributed by atoms with Gasteiger partial charge in [0.25, 0.3) is 11.6 Å². The summed E-state index contributed by atoms with van der Waals surface area (Å²) in [7, 11) is 0. The highest BCUT2D eigenvalue weighted by atomic mass is 19.1. The molecule has 0 aromatic heterocycles. The van der Waals surface area contributed by atoms with Crippen LogP contribution in [0, 0.1) is 15.9 Å². The Kier molecular flexibility index (Phi) is 4.29. The minimum atomic E-state index is -0.785. The molecule has 1 fully saturated rings. The van der Waals surface area contributed by atoms with Gasteiger partial charge in [0.1, 0.15) is 5.82 Å². The Balaban J connectivity index is 2.11. The number of carbonyl (C=O) groups excluding carboxylic acids is 1. The number of nitrogens with one attached hydrogen (secondary N) is 1. The van der Waals surface area contributed by atoms with Gasteiger partial charge < -0.3 is 10.1 Å². The molecule has 1 heterocycles. The van der Waals surface area contributed by atoms with E-state index in [1.165, 1.54) is 0 Å². The fourth-order valence-corrected chi connectivity index (χ4v) is 2.18. The number of halogens is 1. The van der Waals surface area contributed by atoms with Crippen LogP contribution < -0.4 is 5.32 Å². The first-order chi connectivity index (χ1) is 9.49. The lowest BCUT2D eigenvalue weighted by Gasteiger charge is -2.20. The maximum Gasteiger partial charge on any atom is 0.270 e. The van der Waals surface area contributed by atoms with E-state index >= 15 is 0 Å². The highest BCUT2D eigenvalue weighted by Gasteiger charge is 2.25. The zero-order valence-electron chi connectivity index (χ0n) is 11.0. The largest absolute Gasteiger partial charge is 0.376 e. The molecule has 0 bridgehead atoms. The van der Waals surface area contributed by atoms with Crippen molar-refractivity contribution >= 4 is 11.6 Å². The van der Waals surface area contributed by atoms with Gasteiger partial charge in [0.2, 0.25) is 0 Å². The number of carbonyl (C=O) groups is 1. The van der Waals surface area contributed by atoms with E-state index in [0.29, 0.717) is 6.61 Å². The van der Waals surface area contributed by atoms with Gasteiger partial charge in [-0.05, 0) is 25.8 Å². The second kappa shape index (κ2) is 5.96. The van der Waals surface area contributed by atoms with Gasteiger partial charge in [-0.1, -0.05) is 0 Å². The SMILES string of the molecule is CC(NC(=O)c1cc([N+](=O)[O-])ccc1F)C1CCCO1. The number of nitro groups is 1. The Morgan fingerprint density at radius 2 is 2.35 bits per heavy atom. The second-order valence-corrected chi connectivity index (χ2v) is 4.73. The average Bonchev–Trinajstić information content (AvgIpc) is 2.92. The van der Waals surface area contributed by atoms with Gasteiger partial charge in [0.15, 0.2) is 0 Å². The number of benzene rings is 1. The number of non-ortho nitro benzene ring substituents is 1. The summed E-state index contributed by atoms with van der Waals surface area (Å²) in [5.74, 6) is -1.46. The minimum absolute atomic E-state index is 0.0966. The van der Waals surface area contributed by atoms with Crippen LogP contribution in [0.1, 0.15) is 30.1 Å². The summed E-state index contributed by atoms with van der Waals surface area (Å²) >= 11 is 0. The first kappa shape index (κ1) is 14.4. The normalized spacial score (nSPS) is 19.6. The van der Waals surface area contributed by atoms with Crippen molar-refractivity contribution in [3.8, 4) is 0 Å². The molecule has 2 rings (SSSR count). The number of rotatable bonds is 4. The Morgan fingerprint density at radius 1 is 1.60 bits per heavy atom. The Morgan fingerprint density at radius 3 is 2.95 bits per heavy atom. The van der Waals surface area contributed by atoms with Gasteiger partial charge in [-0.2, -0.15) is 0 Å². The number of nitro benzene ring substituents is 1. The third kappa shape index (κ3) is 3.11. The van der Waals surface area contributed by atoms with Crippen molar-refractivity contribution in [3.63, 3.8) is 0 Å². The van der Waals surface area contributed by atoms with Gasteiger partial charge in [-0.25, -0.2) is 4.39 Å². The second-order valence-electron chi connectivity index (χ2n) is 4.73. The minimum Gasteiger partial charge on any atom is -0.376 e. The standard InChI is InChI=1S/C13H15FN2O4/c1-8(12-3-2-6-20-12)15-13(17)10-7-9(16(18)19)4-5-11(10)14/h4-5,7-8,12H,2-3,6H2,1H3,(H,15,17). The van der Waals surface area contributed by atoms with E-state index < -0.39 is 16.6 Å². The molecule has 6 nitrogen and oxygen atoms in total. The highest BCUT2D eigenvalue weighted by Crippen LogP contribution is 2.19. The van der Waals surface area contributed by atoms with Crippen molar-refractivity contribution in [3.05, 3.63) is 39.7 Å². The van der Waals surface area contributed by atoms with E-state index in [1.807, 2.05) is 0 Å². The summed E-state index contributed by atoms with van der Waals surface area (Å²) in [6.07, 6.45) is 1.66. The summed E-state index contributed by atoms with van der Waals surface area (Å²) in [6.45, 7) is 2.42. The number of hydrogen-bond acceptors (Lipinski definition) is 4. The van der Waals surface area contributed by atoms with Crippen LogP contribution in [-0.4, -0.2) is 29.6 Å². The molecule has 0 aliphatic carbocycles. The lowest BCUT2D eigenvalue weighted by molar-refractivity contribution is -0.384. The van der Waals surface area contributed by atoms with Crippen LogP contribution in [0.25, 0.3) is 0 Å². The lowest BCUT2D eigenvalue weighted by Crippen LogP contribution is -2.41. The third-order valence-electron chi connectivity index (χ3n) is 3.29. The molecule has 1 amide bonds. The van der Waals surface area contributed by atoms with E-state index in [1.54, 1.807) is 6.92 Å². The summed E-state index contributed by atoms with van der Waals surface area (Å²) < 4.78 is 19.0. The Hall–Kier alpha value is -2.02. The molecule has 1 N–H and O–H groups in total. The molecule has 1 saturated heterocycles. The van der Waals surface area contributed by atoms with Crippen molar-refractivity contribution in [2.24, 2.45) is 0 Å². The summed E-state index contributed by atoms with van der Waals surface area (Å²) in [6, 6.07) is 2.61. The highest BCUT2D eigenvalue weighted by molar-refractivity contribution is 5.95. The van der Waals surface area contributed by atoms with Crippen LogP contribution in [0.3, 0.4) is 0 Å². The molecular weight excluding hydrogens is 267 g/mol. The number of ether oxygens (including phenoxy) is 1. The Labute approximate surface area is 115 Å². The van der Waals surface area contributed by atoms with Crippen molar-refractivity contribution in [2.75, 3.05) is 6.61 Å². The predicted octanol–water partition coefficient (Wildman–Crippen LogP) is 2.03. The number of nitrogens with zero attached hydrogens (tertiary/aromatic N) is 1. The summed E-state index contributed by atoms with van der Waals surface area (Å²) in [5.41, 5.74) is -0.648. The number of hydrogen-bond donors (Lipinski definition) is 1. The molecule has 0 radical (unpaired) electrons. The third-order valence-corrected chi connectivity index (χ3v) is 3.29. The molecule has 1 aromatic rings. The first-order valence-corrected chi connectivity index (χ1v) is 6.35. The fourth-order valence-electron chi connectivity index (χ4n) is 2.18. The zero-order valence-corrected chi connectivity index (χ0v) is 11.0. The van der Waals surface area contributed by atoms with E-state index in [4.69, 9.17) is 4.74 Å². The maximum atomic E-state index is 13.6. The van der Waals surface area contributed by atoms with Crippen molar-refractivity contribution in [2.45, 2.75) is 31.9 Å². The van der Waals surface area contributed by atoms with Gasteiger partial charge in [-0.3, -0.25) is 14.9 Å². The molecule has 20 heavy (non-hydrogen) atoms. The average molecular weight is 282 g/mol. The molecule has 0 saturated carbocycles. The van der Waals surface area contributed by atoms with Crippen LogP contribution in [-0.2, 0) is 4.74 Å².